The van der Waals surface area contributed by atoms with E-state index in [0.29, 0.717) is 0 Å². The lowest BCUT2D eigenvalue weighted by atomic mass is 10.3. The van der Waals surface area contributed by atoms with E-state index in [2.05, 4.69) is 10.0 Å². The van der Waals surface area contributed by atoms with Crippen molar-refractivity contribution in [3.05, 3.63) is 52.3 Å². The molecule has 2 N–H and O–H groups in total. The van der Waals surface area contributed by atoms with E-state index in [0.717, 1.165) is 17.8 Å². The monoisotopic (exact) mass is 348 g/mol. The Morgan fingerprint density at radius 1 is 1.00 bits per heavy atom. The number of hydrogen-bond acceptors (Lipinski definition) is 3. The van der Waals surface area contributed by atoms with E-state index in [1.165, 1.54) is 12.1 Å². The summed E-state index contributed by atoms with van der Waals surface area (Å²) in [4.78, 5) is 0.0677. The molecule has 0 unspecified atom stereocenters. The lowest BCUT2D eigenvalue weighted by molar-refractivity contribution is 0.601. The Balaban J connectivity index is 2.32. The number of hydrogen-bond donors (Lipinski definition) is 2. The molecule has 0 aliphatic rings. The Labute approximate surface area is 131 Å². The summed E-state index contributed by atoms with van der Waals surface area (Å²) in [7, 11) is -2.08. The maximum Gasteiger partial charge on any atom is 0.261 e. The number of nitrogens with one attached hydrogen (secondary N) is 2. The molecular formula is C13H11Cl2FN2O2S. The second-order valence-electron chi connectivity index (χ2n) is 4.13. The summed E-state index contributed by atoms with van der Waals surface area (Å²) in [6, 6.07) is 8.45. The first kappa shape index (κ1) is 15.9. The van der Waals surface area contributed by atoms with Gasteiger partial charge in [0.15, 0.2) is 5.82 Å². The molecule has 2 aromatic carbocycles. The van der Waals surface area contributed by atoms with Crippen molar-refractivity contribution < 1.29 is 12.8 Å². The first-order valence-corrected chi connectivity index (χ1v) is 8.02. The van der Waals surface area contributed by atoms with Crippen molar-refractivity contribution in [3.8, 4) is 0 Å². The summed E-state index contributed by atoms with van der Waals surface area (Å²) >= 11 is 11.3. The van der Waals surface area contributed by atoms with E-state index < -0.39 is 15.8 Å². The van der Waals surface area contributed by atoms with Gasteiger partial charge in [0.25, 0.3) is 10.0 Å². The van der Waals surface area contributed by atoms with Crippen LogP contribution in [-0.2, 0) is 10.0 Å². The summed E-state index contributed by atoms with van der Waals surface area (Å²) in [5.74, 6) is -0.792. The van der Waals surface area contributed by atoms with Crippen molar-refractivity contribution in [1.29, 1.82) is 0 Å². The molecule has 0 spiro atoms. The van der Waals surface area contributed by atoms with Crippen molar-refractivity contribution >= 4 is 44.6 Å². The van der Waals surface area contributed by atoms with Crippen molar-refractivity contribution in [2.75, 3.05) is 17.1 Å². The molecule has 112 valence electrons. The van der Waals surface area contributed by atoms with Gasteiger partial charge in [-0.15, -0.1) is 0 Å². The standard InChI is InChI=1S/C13H11Cl2FN2O2S/c1-17-8-2-4-10(5-3-8)21(19,20)18-9-6-11(14)13(16)12(15)7-9/h2-7,17-18H,1H3. The van der Waals surface area contributed by atoms with Crippen LogP contribution in [-0.4, -0.2) is 15.5 Å². The Morgan fingerprint density at radius 3 is 2.00 bits per heavy atom. The summed E-state index contributed by atoms with van der Waals surface area (Å²) in [6.07, 6.45) is 0. The Hall–Kier alpha value is -1.50. The number of rotatable bonds is 4. The molecule has 0 amide bonds. The molecule has 0 fully saturated rings. The van der Waals surface area contributed by atoms with Gasteiger partial charge in [-0.3, -0.25) is 4.72 Å². The molecule has 8 heteroatoms. The smallest absolute Gasteiger partial charge is 0.261 e. The van der Waals surface area contributed by atoms with Crippen LogP contribution in [0.25, 0.3) is 0 Å². The average molecular weight is 349 g/mol. The zero-order valence-corrected chi connectivity index (χ0v) is 13.2. The van der Waals surface area contributed by atoms with Gasteiger partial charge in [0.1, 0.15) is 0 Å². The molecule has 0 aliphatic carbocycles. The highest BCUT2D eigenvalue weighted by Gasteiger charge is 2.16. The van der Waals surface area contributed by atoms with Gasteiger partial charge in [-0.2, -0.15) is 0 Å². The number of halogens is 3. The Kier molecular flexibility index (Phi) is 4.61. The molecule has 0 saturated carbocycles. The first-order chi connectivity index (χ1) is 9.83. The highest BCUT2D eigenvalue weighted by atomic mass is 35.5. The minimum absolute atomic E-state index is 0.0677. The lowest BCUT2D eigenvalue weighted by Gasteiger charge is -2.10. The van der Waals surface area contributed by atoms with E-state index in [4.69, 9.17) is 23.2 Å². The SMILES string of the molecule is CNc1ccc(S(=O)(=O)Nc2cc(Cl)c(F)c(Cl)c2)cc1. The molecule has 0 bridgehead atoms. The van der Waals surface area contributed by atoms with Gasteiger partial charge in [-0.1, -0.05) is 23.2 Å². The fraction of sp³-hybridized carbons (Fsp3) is 0.0769. The van der Waals surface area contributed by atoms with Gasteiger partial charge in [0.05, 0.1) is 20.6 Å². The largest absolute Gasteiger partial charge is 0.388 e. The predicted octanol–water partition coefficient (Wildman–Crippen LogP) is 3.98. The molecule has 0 atom stereocenters. The van der Waals surface area contributed by atoms with Crippen LogP contribution in [0.3, 0.4) is 0 Å². The van der Waals surface area contributed by atoms with E-state index in [1.807, 2.05) is 0 Å². The molecule has 0 heterocycles. The molecule has 0 saturated heterocycles. The third kappa shape index (κ3) is 3.58. The zero-order valence-electron chi connectivity index (χ0n) is 10.8. The number of benzene rings is 2. The van der Waals surface area contributed by atoms with E-state index >= 15 is 0 Å². The first-order valence-electron chi connectivity index (χ1n) is 5.78. The maximum atomic E-state index is 13.3. The zero-order chi connectivity index (χ0) is 15.6. The topological polar surface area (TPSA) is 58.2 Å². The van der Waals surface area contributed by atoms with E-state index in [9.17, 15) is 12.8 Å². The van der Waals surface area contributed by atoms with Crippen molar-refractivity contribution in [2.24, 2.45) is 0 Å². The van der Waals surface area contributed by atoms with Crippen LogP contribution in [0.1, 0.15) is 0 Å². The van der Waals surface area contributed by atoms with Crippen molar-refractivity contribution in [3.63, 3.8) is 0 Å². The highest BCUT2D eigenvalue weighted by Crippen LogP contribution is 2.28. The lowest BCUT2D eigenvalue weighted by Crippen LogP contribution is -2.13. The summed E-state index contributed by atoms with van der Waals surface area (Å²) in [5, 5.41) is 2.37. The van der Waals surface area contributed by atoms with Crippen LogP contribution in [0.5, 0.6) is 0 Å². The second kappa shape index (κ2) is 6.09. The van der Waals surface area contributed by atoms with Crippen LogP contribution < -0.4 is 10.0 Å². The molecule has 0 radical (unpaired) electrons. The van der Waals surface area contributed by atoms with Crippen LogP contribution in [0.15, 0.2) is 41.3 Å². The molecular weight excluding hydrogens is 338 g/mol. The van der Waals surface area contributed by atoms with Crippen LogP contribution in [0, 0.1) is 5.82 Å². The normalized spacial score (nSPS) is 11.2. The average Bonchev–Trinajstić information content (AvgIpc) is 2.44. The molecule has 4 nitrogen and oxygen atoms in total. The minimum Gasteiger partial charge on any atom is -0.388 e. The maximum absolute atomic E-state index is 13.3. The van der Waals surface area contributed by atoms with Gasteiger partial charge >= 0.3 is 0 Å². The summed E-state index contributed by atoms with van der Waals surface area (Å²) in [5.41, 5.74) is 0.867. The fourth-order valence-electron chi connectivity index (χ4n) is 1.63. The van der Waals surface area contributed by atoms with E-state index in [1.54, 1.807) is 19.2 Å². The van der Waals surface area contributed by atoms with Gasteiger partial charge in [-0.05, 0) is 36.4 Å². The third-order valence-corrected chi connectivity index (χ3v) is 4.64. The van der Waals surface area contributed by atoms with Gasteiger partial charge < -0.3 is 5.32 Å². The van der Waals surface area contributed by atoms with Crippen molar-refractivity contribution in [2.45, 2.75) is 4.90 Å². The molecule has 21 heavy (non-hydrogen) atoms. The highest BCUT2D eigenvalue weighted by molar-refractivity contribution is 7.92. The van der Waals surface area contributed by atoms with Gasteiger partial charge in [0, 0.05) is 12.7 Å². The van der Waals surface area contributed by atoms with Crippen LogP contribution in [0.4, 0.5) is 15.8 Å². The Bertz CT molecular complexity index is 741. The quantitative estimate of drug-likeness (QED) is 0.821. The van der Waals surface area contributed by atoms with E-state index in [-0.39, 0.29) is 20.6 Å². The number of anilines is 2. The number of sulfonamides is 1. The molecule has 0 aliphatic heterocycles. The molecule has 2 aromatic rings. The minimum atomic E-state index is -3.80. The molecule has 0 aromatic heterocycles. The second-order valence-corrected chi connectivity index (χ2v) is 6.63. The van der Waals surface area contributed by atoms with Crippen LogP contribution >= 0.6 is 23.2 Å². The van der Waals surface area contributed by atoms with Gasteiger partial charge in [0.2, 0.25) is 0 Å². The summed E-state index contributed by atoms with van der Waals surface area (Å²) < 4.78 is 40.0. The van der Waals surface area contributed by atoms with Crippen molar-refractivity contribution in [1.82, 2.24) is 0 Å². The summed E-state index contributed by atoms with van der Waals surface area (Å²) in [6.45, 7) is 0. The van der Waals surface area contributed by atoms with Crippen LogP contribution in [0.2, 0.25) is 10.0 Å². The predicted molar refractivity (Wildman–Crippen MR) is 83.2 cm³/mol. The Morgan fingerprint density at radius 2 is 1.52 bits per heavy atom. The fourth-order valence-corrected chi connectivity index (χ4v) is 3.16. The molecule has 2 rings (SSSR count). The third-order valence-electron chi connectivity index (χ3n) is 2.69. The van der Waals surface area contributed by atoms with Gasteiger partial charge in [-0.25, -0.2) is 12.8 Å².